The molecule has 1 heterocycles. The van der Waals surface area contributed by atoms with Gasteiger partial charge in [0.25, 0.3) is 5.91 Å². The third-order valence-electron chi connectivity index (χ3n) is 2.93. The number of ether oxygens (including phenoxy) is 2. The third-order valence-corrected chi connectivity index (χ3v) is 2.93. The molecule has 5 heteroatoms. The number of nitrogens with one attached hydrogen (secondary N) is 1. The van der Waals surface area contributed by atoms with Crippen molar-refractivity contribution in [3.8, 4) is 11.5 Å². The Balaban J connectivity index is 1.84. The Morgan fingerprint density at radius 2 is 1.95 bits per heavy atom. The molecule has 0 fully saturated rings. The van der Waals surface area contributed by atoms with Gasteiger partial charge in [-0.25, -0.2) is 0 Å². The molecule has 0 aliphatic heterocycles. The van der Waals surface area contributed by atoms with E-state index in [0.29, 0.717) is 12.3 Å². The number of methoxy groups -OCH3 is 1. The molecule has 2 aromatic rings. The summed E-state index contributed by atoms with van der Waals surface area (Å²) >= 11 is 0. The molecule has 2 rings (SSSR count). The fourth-order valence-electron chi connectivity index (χ4n) is 1.75. The minimum atomic E-state index is -0.574. The SMILES string of the molecule is COc1ccc(O[C@@H](C)C(=O)NCc2cccnc2)cc1. The molecule has 1 aromatic heterocycles. The van der Waals surface area contributed by atoms with E-state index < -0.39 is 6.10 Å². The number of hydrogen-bond donors (Lipinski definition) is 1. The van der Waals surface area contributed by atoms with Crippen LogP contribution in [0.1, 0.15) is 12.5 Å². The van der Waals surface area contributed by atoms with Crippen LogP contribution in [0.2, 0.25) is 0 Å². The number of rotatable bonds is 6. The molecular formula is C16H18N2O3. The lowest BCUT2D eigenvalue weighted by Gasteiger charge is -2.15. The van der Waals surface area contributed by atoms with Crippen molar-refractivity contribution < 1.29 is 14.3 Å². The zero-order valence-corrected chi connectivity index (χ0v) is 12.1. The Hall–Kier alpha value is -2.56. The Labute approximate surface area is 123 Å². The first-order valence-electron chi connectivity index (χ1n) is 6.66. The van der Waals surface area contributed by atoms with Crippen LogP contribution in [0.15, 0.2) is 48.8 Å². The maximum absolute atomic E-state index is 12.0. The maximum Gasteiger partial charge on any atom is 0.261 e. The summed E-state index contributed by atoms with van der Waals surface area (Å²) in [6.07, 6.45) is 2.84. The number of hydrogen-bond acceptors (Lipinski definition) is 4. The molecule has 1 aromatic carbocycles. The van der Waals surface area contributed by atoms with Gasteiger partial charge >= 0.3 is 0 Å². The highest BCUT2D eigenvalue weighted by atomic mass is 16.5. The van der Waals surface area contributed by atoms with E-state index in [1.165, 1.54) is 0 Å². The smallest absolute Gasteiger partial charge is 0.261 e. The van der Waals surface area contributed by atoms with Crippen LogP contribution in [-0.2, 0) is 11.3 Å². The van der Waals surface area contributed by atoms with Gasteiger partial charge in [0.1, 0.15) is 11.5 Å². The lowest BCUT2D eigenvalue weighted by Crippen LogP contribution is -2.35. The summed E-state index contributed by atoms with van der Waals surface area (Å²) in [4.78, 5) is 16.0. The van der Waals surface area contributed by atoms with E-state index in [1.807, 2.05) is 12.1 Å². The molecule has 0 saturated carbocycles. The lowest BCUT2D eigenvalue weighted by molar-refractivity contribution is -0.127. The minimum Gasteiger partial charge on any atom is -0.497 e. The highest BCUT2D eigenvalue weighted by Crippen LogP contribution is 2.18. The largest absolute Gasteiger partial charge is 0.497 e. The Morgan fingerprint density at radius 3 is 2.57 bits per heavy atom. The summed E-state index contributed by atoms with van der Waals surface area (Å²) in [6.45, 7) is 2.14. The zero-order chi connectivity index (χ0) is 15.1. The van der Waals surface area contributed by atoms with Crippen molar-refractivity contribution in [3.05, 3.63) is 54.4 Å². The van der Waals surface area contributed by atoms with E-state index in [1.54, 1.807) is 50.7 Å². The van der Waals surface area contributed by atoms with Crippen LogP contribution in [0.4, 0.5) is 0 Å². The van der Waals surface area contributed by atoms with Crippen LogP contribution in [0.3, 0.4) is 0 Å². The van der Waals surface area contributed by atoms with Crippen LogP contribution in [0.5, 0.6) is 11.5 Å². The molecule has 0 spiro atoms. The minimum absolute atomic E-state index is 0.172. The molecule has 0 aliphatic carbocycles. The molecule has 0 aliphatic rings. The fraction of sp³-hybridized carbons (Fsp3) is 0.250. The van der Waals surface area contributed by atoms with Gasteiger partial charge in [-0.1, -0.05) is 6.07 Å². The second-order valence-electron chi connectivity index (χ2n) is 4.51. The number of pyridine rings is 1. The molecule has 0 bridgehead atoms. The highest BCUT2D eigenvalue weighted by Gasteiger charge is 2.14. The van der Waals surface area contributed by atoms with Crippen molar-refractivity contribution in [3.63, 3.8) is 0 Å². The number of nitrogens with zero attached hydrogens (tertiary/aromatic N) is 1. The molecular weight excluding hydrogens is 268 g/mol. The van der Waals surface area contributed by atoms with Crippen LogP contribution < -0.4 is 14.8 Å². The number of amides is 1. The molecule has 1 amide bonds. The molecule has 0 radical (unpaired) electrons. The Kier molecular flexibility index (Phi) is 5.15. The lowest BCUT2D eigenvalue weighted by atomic mass is 10.2. The van der Waals surface area contributed by atoms with Crippen molar-refractivity contribution >= 4 is 5.91 Å². The van der Waals surface area contributed by atoms with Gasteiger partial charge in [-0.2, -0.15) is 0 Å². The molecule has 21 heavy (non-hydrogen) atoms. The monoisotopic (exact) mass is 286 g/mol. The highest BCUT2D eigenvalue weighted by molar-refractivity contribution is 5.80. The summed E-state index contributed by atoms with van der Waals surface area (Å²) in [6, 6.07) is 10.8. The predicted molar refractivity (Wildman–Crippen MR) is 79.2 cm³/mol. The van der Waals surface area contributed by atoms with Crippen molar-refractivity contribution in [2.24, 2.45) is 0 Å². The predicted octanol–water partition coefficient (Wildman–Crippen LogP) is 2.17. The number of benzene rings is 1. The van der Waals surface area contributed by atoms with Crippen LogP contribution in [0, 0.1) is 0 Å². The van der Waals surface area contributed by atoms with Crippen molar-refractivity contribution in [2.45, 2.75) is 19.6 Å². The Morgan fingerprint density at radius 1 is 1.24 bits per heavy atom. The summed E-state index contributed by atoms with van der Waals surface area (Å²) in [5.74, 6) is 1.20. The van der Waals surface area contributed by atoms with Gasteiger partial charge in [0.2, 0.25) is 0 Å². The van der Waals surface area contributed by atoms with E-state index >= 15 is 0 Å². The maximum atomic E-state index is 12.0. The second-order valence-corrected chi connectivity index (χ2v) is 4.51. The van der Waals surface area contributed by atoms with E-state index in [-0.39, 0.29) is 5.91 Å². The van der Waals surface area contributed by atoms with Gasteiger partial charge in [-0.15, -0.1) is 0 Å². The molecule has 0 saturated heterocycles. The van der Waals surface area contributed by atoms with Crippen molar-refractivity contribution in [2.75, 3.05) is 7.11 Å². The molecule has 1 atom stereocenters. The standard InChI is InChI=1S/C16H18N2O3/c1-12(21-15-7-5-14(20-2)6-8-15)16(19)18-11-13-4-3-9-17-10-13/h3-10,12H,11H2,1-2H3,(H,18,19)/t12-/m0/s1. The summed E-state index contributed by atoms with van der Waals surface area (Å²) in [7, 11) is 1.60. The van der Waals surface area contributed by atoms with Gasteiger partial charge in [-0.05, 0) is 42.8 Å². The van der Waals surface area contributed by atoms with Gasteiger partial charge < -0.3 is 14.8 Å². The number of carbonyl (C=O) groups excluding carboxylic acids is 1. The topological polar surface area (TPSA) is 60.5 Å². The average molecular weight is 286 g/mol. The van der Waals surface area contributed by atoms with Gasteiger partial charge in [0, 0.05) is 18.9 Å². The normalized spacial score (nSPS) is 11.5. The quantitative estimate of drug-likeness (QED) is 0.884. The van der Waals surface area contributed by atoms with Crippen molar-refractivity contribution in [1.29, 1.82) is 0 Å². The molecule has 5 nitrogen and oxygen atoms in total. The number of aromatic nitrogens is 1. The van der Waals surface area contributed by atoms with E-state index in [4.69, 9.17) is 9.47 Å². The van der Waals surface area contributed by atoms with Crippen LogP contribution in [-0.4, -0.2) is 24.1 Å². The second kappa shape index (κ2) is 7.28. The average Bonchev–Trinajstić information content (AvgIpc) is 2.54. The first-order chi connectivity index (χ1) is 10.2. The van der Waals surface area contributed by atoms with Gasteiger partial charge in [0.15, 0.2) is 6.10 Å². The molecule has 110 valence electrons. The summed E-state index contributed by atoms with van der Waals surface area (Å²) < 4.78 is 10.6. The summed E-state index contributed by atoms with van der Waals surface area (Å²) in [5, 5.41) is 2.81. The molecule has 0 unspecified atom stereocenters. The Bertz CT molecular complexity index is 570. The molecule has 1 N–H and O–H groups in total. The van der Waals surface area contributed by atoms with E-state index in [0.717, 1.165) is 11.3 Å². The fourth-order valence-corrected chi connectivity index (χ4v) is 1.75. The van der Waals surface area contributed by atoms with E-state index in [2.05, 4.69) is 10.3 Å². The van der Waals surface area contributed by atoms with Gasteiger partial charge in [-0.3, -0.25) is 9.78 Å². The van der Waals surface area contributed by atoms with Crippen LogP contribution in [0.25, 0.3) is 0 Å². The van der Waals surface area contributed by atoms with Gasteiger partial charge in [0.05, 0.1) is 7.11 Å². The van der Waals surface area contributed by atoms with Crippen LogP contribution >= 0.6 is 0 Å². The summed E-state index contributed by atoms with van der Waals surface area (Å²) in [5.41, 5.74) is 0.947. The third kappa shape index (κ3) is 4.49. The first kappa shape index (κ1) is 14.8. The van der Waals surface area contributed by atoms with Crippen molar-refractivity contribution in [1.82, 2.24) is 10.3 Å². The number of carbonyl (C=O) groups is 1. The van der Waals surface area contributed by atoms with E-state index in [9.17, 15) is 4.79 Å². The first-order valence-corrected chi connectivity index (χ1v) is 6.66. The zero-order valence-electron chi connectivity index (χ0n) is 12.1.